The first-order valence-electron chi connectivity index (χ1n) is 11.3. The summed E-state index contributed by atoms with van der Waals surface area (Å²) in [6, 6.07) is 14.5. The number of carbonyl (C=O) groups excluding carboxylic acids is 1. The van der Waals surface area contributed by atoms with Crippen LogP contribution in [0.5, 0.6) is 5.75 Å². The fourth-order valence-corrected chi connectivity index (χ4v) is 4.79. The van der Waals surface area contributed by atoms with E-state index >= 15 is 0 Å². The molecule has 0 bridgehead atoms. The van der Waals surface area contributed by atoms with Crippen LogP contribution in [0.1, 0.15) is 39.5 Å². The van der Waals surface area contributed by atoms with Crippen LogP contribution >= 0.6 is 23.2 Å². The van der Waals surface area contributed by atoms with Gasteiger partial charge in [-0.25, -0.2) is 0 Å². The van der Waals surface area contributed by atoms with E-state index in [1.54, 1.807) is 30.3 Å². The second kappa shape index (κ2) is 10.3. The Morgan fingerprint density at radius 3 is 2.43 bits per heavy atom. The van der Waals surface area contributed by atoms with Crippen molar-refractivity contribution in [1.29, 1.82) is 0 Å². The molecule has 1 aliphatic heterocycles. The number of rotatable bonds is 7. The molecule has 1 aliphatic rings. The average Bonchev–Trinajstić information content (AvgIpc) is 3.15. The quantitative estimate of drug-likeness (QED) is 0.356. The van der Waals surface area contributed by atoms with Gasteiger partial charge in [-0.1, -0.05) is 47.5 Å². The van der Waals surface area contributed by atoms with Gasteiger partial charge in [-0.3, -0.25) is 9.59 Å². The van der Waals surface area contributed by atoms with Crippen LogP contribution in [-0.2, 0) is 30.4 Å². The molecule has 3 aromatic rings. The van der Waals surface area contributed by atoms with E-state index in [1.165, 1.54) is 12.1 Å². The molecule has 0 saturated carbocycles. The number of nitrogens with zero attached hydrogens (tertiary/aromatic N) is 1. The second-order valence-electron chi connectivity index (χ2n) is 9.19. The molecule has 0 aliphatic carbocycles. The summed E-state index contributed by atoms with van der Waals surface area (Å²) in [5.41, 5.74) is 0.757. The van der Waals surface area contributed by atoms with Gasteiger partial charge in [0.2, 0.25) is 0 Å². The number of hydrogen-bond donors (Lipinski definition) is 1. The lowest BCUT2D eigenvalue weighted by Crippen LogP contribution is -2.35. The van der Waals surface area contributed by atoms with Crippen molar-refractivity contribution in [3.05, 3.63) is 98.5 Å². The van der Waals surface area contributed by atoms with E-state index in [9.17, 15) is 27.9 Å². The fourth-order valence-electron chi connectivity index (χ4n) is 4.41. The van der Waals surface area contributed by atoms with Crippen molar-refractivity contribution in [2.24, 2.45) is 0 Å². The number of fused-ring (bicyclic) bond motifs is 1. The molecule has 1 amide bonds. The van der Waals surface area contributed by atoms with Gasteiger partial charge in [-0.2, -0.15) is 13.2 Å². The molecule has 0 saturated heterocycles. The number of carboxylic acid groups (broad SMARTS) is 1. The number of amides is 1. The van der Waals surface area contributed by atoms with Gasteiger partial charge < -0.3 is 14.7 Å². The minimum Gasteiger partial charge on any atom is -0.487 e. The third-order valence-electron chi connectivity index (χ3n) is 6.09. The Kier molecular flexibility index (Phi) is 7.44. The standard InChI is InChI=1S/C27H22Cl2F3NO4/c1-26(12-18-3-2-4-21(28)24(18)29)13-19-11-17(7-10-22(19)37-26)25(36)33(15-23(34)35)14-16-5-8-20(9-6-16)27(30,31)32/h2-11H,12-15H2,1H3,(H,34,35)/t26-/m1/s1. The molecule has 4 rings (SSSR count). The van der Waals surface area contributed by atoms with Crippen LogP contribution in [0.25, 0.3) is 0 Å². The Balaban J connectivity index is 1.53. The number of carbonyl (C=O) groups is 2. The van der Waals surface area contributed by atoms with E-state index in [-0.39, 0.29) is 12.1 Å². The van der Waals surface area contributed by atoms with Gasteiger partial charge in [-0.15, -0.1) is 0 Å². The van der Waals surface area contributed by atoms with Gasteiger partial charge in [-0.05, 0) is 60.0 Å². The number of benzene rings is 3. The molecule has 5 nitrogen and oxygen atoms in total. The van der Waals surface area contributed by atoms with Gasteiger partial charge in [0, 0.05) is 24.9 Å². The predicted octanol–water partition coefficient (Wildman–Crippen LogP) is 6.68. The number of ether oxygens (including phenoxy) is 1. The topological polar surface area (TPSA) is 66.8 Å². The van der Waals surface area contributed by atoms with Gasteiger partial charge in [0.1, 0.15) is 17.9 Å². The lowest BCUT2D eigenvalue weighted by molar-refractivity contribution is -0.138. The Morgan fingerprint density at radius 1 is 1.08 bits per heavy atom. The van der Waals surface area contributed by atoms with E-state index in [2.05, 4.69) is 0 Å². The van der Waals surface area contributed by atoms with Crippen LogP contribution in [0, 0.1) is 0 Å². The van der Waals surface area contributed by atoms with Crippen LogP contribution < -0.4 is 4.74 Å². The summed E-state index contributed by atoms with van der Waals surface area (Å²) in [6.07, 6.45) is -3.54. The Bertz CT molecular complexity index is 1340. The van der Waals surface area contributed by atoms with Crippen molar-refractivity contribution in [3.8, 4) is 5.75 Å². The largest absolute Gasteiger partial charge is 0.487 e. The molecule has 0 unspecified atom stereocenters. The molecule has 0 aromatic heterocycles. The van der Waals surface area contributed by atoms with Crippen molar-refractivity contribution >= 4 is 35.1 Å². The minimum atomic E-state index is -4.49. The third-order valence-corrected chi connectivity index (χ3v) is 6.95. The summed E-state index contributed by atoms with van der Waals surface area (Å²) >= 11 is 12.5. The molecule has 1 atom stereocenters. The maximum Gasteiger partial charge on any atom is 0.416 e. The SMILES string of the molecule is C[C@@]1(Cc2cccc(Cl)c2Cl)Cc2cc(C(=O)N(CC(=O)O)Cc3ccc(C(F)(F)F)cc3)ccc2O1. The fraction of sp³-hybridized carbons (Fsp3) is 0.259. The first-order chi connectivity index (χ1) is 17.3. The Labute approximate surface area is 221 Å². The highest BCUT2D eigenvalue weighted by Crippen LogP contribution is 2.39. The van der Waals surface area contributed by atoms with Gasteiger partial charge in [0.25, 0.3) is 5.91 Å². The van der Waals surface area contributed by atoms with E-state index in [4.69, 9.17) is 27.9 Å². The van der Waals surface area contributed by atoms with Crippen LogP contribution in [0.4, 0.5) is 13.2 Å². The molecular weight excluding hydrogens is 530 g/mol. The highest BCUT2D eigenvalue weighted by Gasteiger charge is 2.36. The van der Waals surface area contributed by atoms with Gasteiger partial charge >= 0.3 is 12.1 Å². The number of aliphatic carboxylic acids is 1. The maximum atomic E-state index is 13.3. The summed E-state index contributed by atoms with van der Waals surface area (Å²) in [5.74, 6) is -1.20. The molecule has 0 fully saturated rings. The van der Waals surface area contributed by atoms with Crippen molar-refractivity contribution in [1.82, 2.24) is 4.90 Å². The molecule has 10 heteroatoms. The lowest BCUT2D eigenvalue weighted by Gasteiger charge is -2.24. The molecule has 0 spiro atoms. The predicted molar refractivity (Wildman–Crippen MR) is 133 cm³/mol. The summed E-state index contributed by atoms with van der Waals surface area (Å²) in [6.45, 7) is 1.15. The molecule has 1 heterocycles. The van der Waals surface area contributed by atoms with E-state index < -0.39 is 35.8 Å². The van der Waals surface area contributed by atoms with Crippen LogP contribution in [-0.4, -0.2) is 34.0 Å². The summed E-state index contributed by atoms with van der Waals surface area (Å²) in [7, 11) is 0. The average molecular weight is 552 g/mol. The van der Waals surface area contributed by atoms with Crippen LogP contribution in [0.15, 0.2) is 60.7 Å². The van der Waals surface area contributed by atoms with Gasteiger partial charge in [0.15, 0.2) is 0 Å². The molecule has 1 N–H and O–H groups in total. The highest BCUT2D eigenvalue weighted by atomic mass is 35.5. The van der Waals surface area contributed by atoms with Crippen molar-refractivity contribution in [2.45, 2.75) is 38.1 Å². The molecule has 194 valence electrons. The maximum absolute atomic E-state index is 13.3. The Morgan fingerprint density at radius 2 is 1.78 bits per heavy atom. The van der Waals surface area contributed by atoms with E-state index in [0.717, 1.165) is 28.2 Å². The number of halogens is 5. The summed E-state index contributed by atoms with van der Waals surface area (Å²) in [5, 5.41) is 10.2. The molecule has 37 heavy (non-hydrogen) atoms. The molecule has 3 aromatic carbocycles. The second-order valence-corrected chi connectivity index (χ2v) is 9.98. The van der Waals surface area contributed by atoms with E-state index in [1.807, 2.05) is 13.0 Å². The first-order valence-corrected chi connectivity index (χ1v) is 12.0. The zero-order valence-corrected chi connectivity index (χ0v) is 21.1. The number of alkyl halides is 3. The molecule has 0 radical (unpaired) electrons. The molecular formula is C27H22Cl2F3NO4. The minimum absolute atomic E-state index is 0.165. The van der Waals surface area contributed by atoms with E-state index in [0.29, 0.717) is 34.2 Å². The van der Waals surface area contributed by atoms with Crippen molar-refractivity contribution < 1.29 is 32.6 Å². The summed E-state index contributed by atoms with van der Waals surface area (Å²) < 4.78 is 44.8. The normalized spacial score (nSPS) is 16.7. The lowest BCUT2D eigenvalue weighted by atomic mass is 9.91. The van der Waals surface area contributed by atoms with Crippen LogP contribution in [0.3, 0.4) is 0 Å². The zero-order valence-electron chi connectivity index (χ0n) is 19.6. The monoisotopic (exact) mass is 551 g/mol. The smallest absolute Gasteiger partial charge is 0.416 e. The van der Waals surface area contributed by atoms with Crippen molar-refractivity contribution in [3.63, 3.8) is 0 Å². The van der Waals surface area contributed by atoms with Crippen molar-refractivity contribution in [2.75, 3.05) is 6.54 Å². The Hall–Kier alpha value is -3.23. The highest BCUT2D eigenvalue weighted by molar-refractivity contribution is 6.42. The number of hydrogen-bond acceptors (Lipinski definition) is 3. The third kappa shape index (κ3) is 6.19. The first kappa shape index (κ1) is 26.8. The van der Waals surface area contributed by atoms with Crippen LogP contribution in [0.2, 0.25) is 10.0 Å². The van der Waals surface area contributed by atoms with Gasteiger partial charge in [0.05, 0.1) is 15.6 Å². The number of carboxylic acids is 1. The summed E-state index contributed by atoms with van der Waals surface area (Å²) in [4.78, 5) is 25.8. The zero-order chi connectivity index (χ0) is 27.0.